The Morgan fingerprint density at radius 1 is 1.29 bits per heavy atom. The lowest BCUT2D eigenvalue weighted by Crippen LogP contribution is -2.42. The van der Waals surface area contributed by atoms with E-state index in [0.29, 0.717) is 19.5 Å². The average Bonchev–Trinajstić information content (AvgIpc) is 2.53. The molecule has 2 aliphatic heterocycles. The van der Waals surface area contributed by atoms with Crippen LogP contribution in [0.15, 0.2) is 18.2 Å². The van der Waals surface area contributed by atoms with E-state index in [-0.39, 0.29) is 5.91 Å². The van der Waals surface area contributed by atoms with Crippen LogP contribution in [-0.2, 0) is 11.2 Å². The lowest BCUT2D eigenvalue weighted by molar-refractivity contribution is -0.143. The molecule has 1 fully saturated rings. The monoisotopic (exact) mass is 288 g/mol. The van der Waals surface area contributed by atoms with Crippen LogP contribution in [0, 0.1) is 5.92 Å². The largest absolute Gasteiger partial charge is 0.481 e. The lowest BCUT2D eigenvalue weighted by atomic mass is 9.94. The van der Waals surface area contributed by atoms with Crippen LogP contribution in [0.5, 0.6) is 0 Å². The fraction of sp³-hybridized carbons (Fsp3) is 0.500. The molecule has 5 heteroatoms. The number of likely N-dealkylation sites (tertiary alicyclic amines) is 1. The van der Waals surface area contributed by atoms with Crippen molar-refractivity contribution in [1.29, 1.82) is 0 Å². The summed E-state index contributed by atoms with van der Waals surface area (Å²) in [5.41, 5.74) is 2.84. The third-order valence-electron chi connectivity index (χ3n) is 4.38. The van der Waals surface area contributed by atoms with E-state index in [0.717, 1.165) is 42.6 Å². The molecule has 1 aromatic rings. The van der Waals surface area contributed by atoms with E-state index < -0.39 is 11.9 Å². The maximum Gasteiger partial charge on any atom is 0.308 e. The highest BCUT2D eigenvalue weighted by atomic mass is 16.4. The molecule has 0 unspecified atom stereocenters. The first-order valence-electron chi connectivity index (χ1n) is 7.54. The predicted octanol–water partition coefficient (Wildman–Crippen LogP) is 1.98. The van der Waals surface area contributed by atoms with Crippen molar-refractivity contribution in [3.05, 3.63) is 29.3 Å². The number of nitrogens with zero attached hydrogens (tertiary/aromatic N) is 1. The Hall–Kier alpha value is -2.04. The standard InChI is InChI=1S/C16H20N2O3/c19-15(18-9-3-4-11(10-18)16(20)21)13-5-1-7-14-12(13)6-2-8-17-14/h1,5,7,11,17H,2-4,6,8-10H2,(H,20,21)/t11-/m1/s1. The summed E-state index contributed by atoms with van der Waals surface area (Å²) in [5.74, 6) is -1.26. The van der Waals surface area contributed by atoms with Gasteiger partial charge in [-0.1, -0.05) is 6.07 Å². The van der Waals surface area contributed by atoms with Gasteiger partial charge in [-0.05, 0) is 43.4 Å². The number of aliphatic carboxylic acids is 1. The van der Waals surface area contributed by atoms with E-state index in [2.05, 4.69) is 5.32 Å². The minimum Gasteiger partial charge on any atom is -0.481 e. The van der Waals surface area contributed by atoms with Crippen LogP contribution in [0.4, 0.5) is 5.69 Å². The molecule has 1 amide bonds. The maximum atomic E-state index is 12.7. The first-order valence-corrected chi connectivity index (χ1v) is 7.54. The number of anilines is 1. The van der Waals surface area contributed by atoms with Gasteiger partial charge in [-0.15, -0.1) is 0 Å². The van der Waals surface area contributed by atoms with Crippen molar-refractivity contribution >= 4 is 17.6 Å². The van der Waals surface area contributed by atoms with E-state index >= 15 is 0 Å². The van der Waals surface area contributed by atoms with Crippen molar-refractivity contribution in [3.8, 4) is 0 Å². The molecule has 1 atom stereocenters. The van der Waals surface area contributed by atoms with Crippen molar-refractivity contribution in [2.45, 2.75) is 25.7 Å². The Bertz CT molecular complexity index is 571. The second kappa shape index (κ2) is 5.76. The highest BCUT2D eigenvalue weighted by Crippen LogP contribution is 2.27. The SMILES string of the molecule is O=C(O)[C@@H]1CCCN(C(=O)c2cccc3c2CCCN3)C1. The van der Waals surface area contributed by atoms with Gasteiger partial charge in [-0.25, -0.2) is 0 Å². The van der Waals surface area contributed by atoms with Gasteiger partial charge in [0, 0.05) is 30.9 Å². The first-order chi connectivity index (χ1) is 10.2. The van der Waals surface area contributed by atoms with E-state index in [9.17, 15) is 9.59 Å². The minimum atomic E-state index is -0.802. The number of hydrogen-bond donors (Lipinski definition) is 2. The Morgan fingerprint density at radius 2 is 2.14 bits per heavy atom. The van der Waals surface area contributed by atoms with Gasteiger partial charge < -0.3 is 15.3 Å². The summed E-state index contributed by atoms with van der Waals surface area (Å²) in [6.45, 7) is 1.92. The van der Waals surface area contributed by atoms with Gasteiger partial charge in [-0.2, -0.15) is 0 Å². The third kappa shape index (κ3) is 2.73. The predicted molar refractivity (Wildman–Crippen MR) is 79.5 cm³/mol. The molecule has 0 bridgehead atoms. The first kappa shape index (κ1) is 13.9. The van der Waals surface area contributed by atoms with E-state index in [4.69, 9.17) is 5.11 Å². The molecule has 0 aromatic heterocycles. The van der Waals surface area contributed by atoms with Crippen LogP contribution in [0.2, 0.25) is 0 Å². The molecule has 0 radical (unpaired) electrons. The average molecular weight is 288 g/mol. The molecule has 5 nitrogen and oxygen atoms in total. The molecule has 3 rings (SSSR count). The molecular weight excluding hydrogens is 268 g/mol. The summed E-state index contributed by atoms with van der Waals surface area (Å²) < 4.78 is 0. The number of carboxylic acid groups (broad SMARTS) is 1. The molecule has 0 saturated carbocycles. The van der Waals surface area contributed by atoms with Gasteiger partial charge in [0.15, 0.2) is 0 Å². The van der Waals surface area contributed by atoms with Crippen LogP contribution in [-0.4, -0.2) is 41.5 Å². The Balaban J connectivity index is 1.83. The van der Waals surface area contributed by atoms with Crippen molar-refractivity contribution in [2.24, 2.45) is 5.92 Å². The number of carbonyl (C=O) groups excluding carboxylic acids is 1. The molecule has 2 aliphatic rings. The molecule has 2 heterocycles. The normalized spacial score (nSPS) is 21.3. The molecule has 0 spiro atoms. The van der Waals surface area contributed by atoms with Crippen molar-refractivity contribution in [1.82, 2.24) is 4.90 Å². The molecule has 1 aromatic carbocycles. The van der Waals surface area contributed by atoms with Crippen LogP contribution in [0.25, 0.3) is 0 Å². The number of hydrogen-bond acceptors (Lipinski definition) is 3. The number of amides is 1. The number of carboxylic acids is 1. The highest BCUT2D eigenvalue weighted by molar-refractivity contribution is 5.97. The summed E-state index contributed by atoms with van der Waals surface area (Å²) in [4.78, 5) is 25.6. The quantitative estimate of drug-likeness (QED) is 0.873. The van der Waals surface area contributed by atoms with Gasteiger partial charge in [0.2, 0.25) is 0 Å². The third-order valence-corrected chi connectivity index (χ3v) is 4.38. The Kier molecular flexibility index (Phi) is 3.82. The van der Waals surface area contributed by atoms with Crippen molar-refractivity contribution in [3.63, 3.8) is 0 Å². The van der Waals surface area contributed by atoms with Crippen molar-refractivity contribution < 1.29 is 14.7 Å². The van der Waals surface area contributed by atoms with Gasteiger partial charge in [0.25, 0.3) is 5.91 Å². The highest BCUT2D eigenvalue weighted by Gasteiger charge is 2.30. The van der Waals surface area contributed by atoms with E-state index in [1.807, 2.05) is 18.2 Å². The van der Waals surface area contributed by atoms with Crippen LogP contribution in [0.3, 0.4) is 0 Å². The Labute approximate surface area is 123 Å². The topological polar surface area (TPSA) is 69.6 Å². The zero-order chi connectivity index (χ0) is 14.8. The molecule has 112 valence electrons. The fourth-order valence-electron chi connectivity index (χ4n) is 3.24. The maximum absolute atomic E-state index is 12.7. The summed E-state index contributed by atoms with van der Waals surface area (Å²) in [7, 11) is 0. The van der Waals surface area contributed by atoms with Crippen LogP contribution in [0.1, 0.15) is 35.2 Å². The van der Waals surface area contributed by atoms with Gasteiger partial charge >= 0.3 is 5.97 Å². The van der Waals surface area contributed by atoms with Gasteiger partial charge in [0.1, 0.15) is 0 Å². The van der Waals surface area contributed by atoms with Gasteiger partial charge in [-0.3, -0.25) is 9.59 Å². The molecular formula is C16H20N2O3. The zero-order valence-electron chi connectivity index (χ0n) is 12.0. The zero-order valence-corrected chi connectivity index (χ0v) is 12.0. The summed E-state index contributed by atoms with van der Waals surface area (Å²) in [6.07, 6.45) is 3.35. The number of benzene rings is 1. The van der Waals surface area contributed by atoms with Crippen LogP contribution >= 0.6 is 0 Å². The number of fused-ring (bicyclic) bond motifs is 1. The second-order valence-electron chi connectivity index (χ2n) is 5.79. The number of carbonyl (C=O) groups is 2. The van der Waals surface area contributed by atoms with Gasteiger partial charge in [0.05, 0.1) is 5.92 Å². The van der Waals surface area contributed by atoms with E-state index in [1.54, 1.807) is 4.90 Å². The summed E-state index contributed by atoms with van der Waals surface area (Å²) in [5, 5.41) is 12.5. The number of piperidine rings is 1. The number of nitrogens with one attached hydrogen (secondary N) is 1. The molecule has 21 heavy (non-hydrogen) atoms. The Morgan fingerprint density at radius 3 is 2.95 bits per heavy atom. The van der Waals surface area contributed by atoms with E-state index in [1.165, 1.54) is 0 Å². The van der Waals surface area contributed by atoms with Crippen molar-refractivity contribution in [2.75, 3.05) is 25.0 Å². The number of rotatable bonds is 2. The molecule has 0 aliphatic carbocycles. The summed E-state index contributed by atoms with van der Waals surface area (Å²) in [6, 6.07) is 5.75. The summed E-state index contributed by atoms with van der Waals surface area (Å²) >= 11 is 0. The smallest absolute Gasteiger partial charge is 0.308 e. The molecule has 2 N–H and O–H groups in total. The van der Waals surface area contributed by atoms with Crippen LogP contribution < -0.4 is 5.32 Å². The second-order valence-corrected chi connectivity index (χ2v) is 5.79. The lowest BCUT2D eigenvalue weighted by Gasteiger charge is -2.32. The minimum absolute atomic E-state index is 0.0264. The fourth-order valence-corrected chi connectivity index (χ4v) is 3.24. The molecule has 1 saturated heterocycles.